The van der Waals surface area contributed by atoms with Crippen LogP contribution in [-0.2, 0) is 4.79 Å². The van der Waals surface area contributed by atoms with Crippen molar-refractivity contribution in [3.8, 4) is 16.3 Å². The molecule has 0 bridgehead atoms. The molecule has 0 amide bonds. The Morgan fingerprint density at radius 1 is 1.58 bits per heavy atom. The molecule has 0 saturated heterocycles. The number of nitrogens with zero attached hydrogens (tertiary/aromatic N) is 1. The predicted octanol–water partition coefficient (Wildman–Crippen LogP) is 2.04. The minimum Gasteiger partial charge on any atom is -0.494 e. The molecule has 0 spiro atoms. The van der Waals surface area contributed by atoms with E-state index >= 15 is 0 Å². The van der Waals surface area contributed by atoms with E-state index in [0.29, 0.717) is 10.6 Å². The number of ether oxygens (including phenoxy) is 1. The van der Waals surface area contributed by atoms with Crippen LogP contribution in [0.5, 0.6) is 5.75 Å². The van der Waals surface area contributed by atoms with Gasteiger partial charge in [0.25, 0.3) is 0 Å². The van der Waals surface area contributed by atoms with Gasteiger partial charge in [0.05, 0.1) is 12.8 Å². The van der Waals surface area contributed by atoms with Crippen molar-refractivity contribution < 1.29 is 19.0 Å². The molecule has 0 fully saturated rings. The van der Waals surface area contributed by atoms with Crippen molar-refractivity contribution in [2.75, 3.05) is 7.11 Å². The van der Waals surface area contributed by atoms with Gasteiger partial charge in [0.2, 0.25) is 0 Å². The standard InChI is InChI=1S/C12H11FN2O3S/c1-18-9-4-6(2-3-7(9)13)11-15-8(5-19-11)10(14)12(16)17/h2-5,10H,14H2,1H3,(H,16,17). The van der Waals surface area contributed by atoms with Crippen LogP contribution in [0.1, 0.15) is 11.7 Å². The molecule has 0 aliphatic heterocycles. The van der Waals surface area contributed by atoms with E-state index in [0.717, 1.165) is 0 Å². The molecule has 0 aliphatic carbocycles. The van der Waals surface area contributed by atoms with Crippen LogP contribution in [0.2, 0.25) is 0 Å². The zero-order valence-corrected chi connectivity index (χ0v) is 10.8. The van der Waals surface area contributed by atoms with Crippen LogP contribution in [0.25, 0.3) is 10.6 Å². The van der Waals surface area contributed by atoms with Gasteiger partial charge in [0, 0.05) is 10.9 Å². The van der Waals surface area contributed by atoms with Crippen molar-refractivity contribution in [3.63, 3.8) is 0 Å². The molecule has 2 aromatic rings. The number of hydrogen-bond acceptors (Lipinski definition) is 5. The molecule has 1 aromatic carbocycles. The summed E-state index contributed by atoms with van der Waals surface area (Å²) in [6.45, 7) is 0. The quantitative estimate of drug-likeness (QED) is 0.896. The Morgan fingerprint density at radius 2 is 2.32 bits per heavy atom. The van der Waals surface area contributed by atoms with Gasteiger partial charge in [-0.05, 0) is 18.2 Å². The second kappa shape index (κ2) is 5.33. The van der Waals surface area contributed by atoms with Crippen LogP contribution in [0, 0.1) is 5.82 Å². The van der Waals surface area contributed by atoms with Crippen LogP contribution in [0.3, 0.4) is 0 Å². The SMILES string of the molecule is COc1cc(-c2nc(C(N)C(=O)O)cs2)ccc1F. The number of benzene rings is 1. The summed E-state index contributed by atoms with van der Waals surface area (Å²) in [4.78, 5) is 14.9. The van der Waals surface area contributed by atoms with E-state index in [4.69, 9.17) is 15.6 Å². The molecule has 3 N–H and O–H groups in total. The van der Waals surface area contributed by atoms with E-state index in [2.05, 4.69) is 4.98 Å². The Hall–Kier alpha value is -1.99. The highest BCUT2D eigenvalue weighted by Crippen LogP contribution is 2.29. The lowest BCUT2D eigenvalue weighted by molar-refractivity contribution is -0.138. The summed E-state index contributed by atoms with van der Waals surface area (Å²) in [5.74, 6) is -1.50. The number of carboxylic acids is 1. The lowest BCUT2D eigenvalue weighted by Gasteiger charge is -2.04. The van der Waals surface area contributed by atoms with E-state index in [-0.39, 0.29) is 11.4 Å². The number of methoxy groups -OCH3 is 1. The molecule has 0 radical (unpaired) electrons. The van der Waals surface area contributed by atoms with Crippen molar-refractivity contribution in [1.29, 1.82) is 0 Å². The Balaban J connectivity index is 2.35. The maximum Gasteiger partial charge on any atom is 0.326 e. The van der Waals surface area contributed by atoms with Crippen LogP contribution in [0.4, 0.5) is 4.39 Å². The maximum absolute atomic E-state index is 13.3. The number of nitrogens with two attached hydrogens (primary N) is 1. The Morgan fingerprint density at radius 3 is 2.95 bits per heavy atom. The first-order valence-corrected chi connectivity index (χ1v) is 6.18. The van der Waals surface area contributed by atoms with E-state index < -0.39 is 17.8 Å². The minimum atomic E-state index is -1.16. The van der Waals surface area contributed by atoms with Crippen molar-refractivity contribution >= 4 is 17.3 Å². The molecule has 7 heteroatoms. The van der Waals surface area contributed by atoms with Gasteiger partial charge in [0.15, 0.2) is 11.6 Å². The molecule has 1 unspecified atom stereocenters. The third-order valence-electron chi connectivity index (χ3n) is 2.50. The number of rotatable bonds is 4. The second-order valence-corrected chi connectivity index (χ2v) is 4.60. The van der Waals surface area contributed by atoms with Crippen LogP contribution < -0.4 is 10.5 Å². The topological polar surface area (TPSA) is 85.4 Å². The molecule has 5 nitrogen and oxygen atoms in total. The fraction of sp³-hybridized carbons (Fsp3) is 0.167. The number of aromatic nitrogens is 1. The zero-order chi connectivity index (χ0) is 14.0. The number of carboxylic acid groups (broad SMARTS) is 1. The van der Waals surface area contributed by atoms with Crippen molar-refractivity contribution in [2.24, 2.45) is 5.73 Å². The van der Waals surface area contributed by atoms with Crippen LogP contribution in [0.15, 0.2) is 23.6 Å². The highest BCUT2D eigenvalue weighted by molar-refractivity contribution is 7.13. The number of halogens is 1. The van der Waals surface area contributed by atoms with E-state index in [1.807, 2.05) is 0 Å². The van der Waals surface area contributed by atoms with Crippen molar-refractivity contribution in [3.05, 3.63) is 35.1 Å². The van der Waals surface area contributed by atoms with Gasteiger partial charge in [-0.2, -0.15) is 0 Å². The smallest absolute Gasteiger partial charge is 0.326 e. The maximum atomic E-state index is 13.3. The van der Waals surface area contributed by atoms with Gasteiger partial charge in [-0.15, -0.1) is 11.3 Å². The summed E-state index contributed by atoms with van der Waals surface area (Å²) in [5, 5.41) is 10.9. The molecular formula is C12H11FN2O3S. The minimum absolute atomic E-state index is 0.108. The summed E-state index contributed by atoms with van der Waals surface area (Å²) in [7, 11) is 1.37. The number of thiazole rings is 1. The Labute approximate surface area is 112 Å². The zero-order valence-electron chi connectivity index (χ0n) is 9.96. The fourth-order valence-corrected chi connectivity index (χ4v) is 2.33. The molecule has 1 atom stereocenters. The number of carbonyl (C=O) groups is 1. The highest BCUT2D eigenvalue weighted by atomic mass is 32.1. The largest absolute Gasteiger partial charge is 0.494 e. The third kappa shape index (κ3) is 2.72. The lowest BCUT2D eigenvalue weighted by atomic mass is 10.2. The average molecular weight is 282 g/mol. The molecule has 1 aromatic heterocycles. The average Bonchev–Trinajstić information content (AvgIpc) is 2.87. The van der Waals surface area contributed by atoms with E-state index in [1.54, 1.807) is 11.4 Å². The fourth-order valence-electron chi connectivity index (χ4n) is 1.48. The van der Waals surface area contributed by atoms with Gasteiger partial charge < -0.3 is 15.6 Å². The monoisotopic (exact) mass is 282 g/mol. The first kappa shape index (κ1) is 13.4. The molecule has 1 heterocycles. The van der Waals surface area contributed by atoms with Gasteiger partial charge in [0.1, 0.15) is 11.0 Å². The van der Waals surface area contributed by atoms with E-state index in [9.17, 15) is 9.18 Å². The summed E-state index contributed by atoms with van der Waals surface area (Å²) in [6.07, 6.45) is 0. The normalized spacial score (nSPS) is 12.2. The number of aliphatic carboxylic acids is 1. The molecular weight excluding hydrogens is 271 g/mol. The third-order valence-corrected chi connectivity index (χ3v) is 3.41. The van der Waals surface area contributed by atoms with Crippen molar-refractivity contribution in [1.82, 2.24) is 4.98 Å². The van der Waals surface area contributed by atoms with Crippen LogP contribution in [-0.4, -0.2) is 23.2 Å². The highest BCUT2D eigenvalue weighted by Gasteiger charge is 2.18. The lowest BCUT2D eigenvalue weighted by Crippen LogP contribution is -2.20. The van der Waals surface area contributed by atoms with Crippen LogP contribution >= 0.6 is 11.3 Å². The molecule has 0 aliphatic rings. The predicted molar refractivity (Wildman–Crippen MR) is 68.6 cm³/mol. The van der Waals surface area contributed by atoms with Gasteiger partial charge in [-0.1, -0.05) is 0 Å². The first-order valence-electron chi connectivity index (χ1n) is 5.30. The van der Waals surface area contributed by atoms with E-state index in [1.165, 1.54) is 30.6 Å². The van der Waals surface area contributed by atoms with Gasteiger partial charge in [-0.25, -0.2) is 9.37 Å². The summed E-state index contributed by atoms with van der Waals surface area (Å²) >= 11 is 1.24. The molecule has 19 heavy (non-hydrogen) atoms. The number of hydrogen-bond donors (Lipinski definition) is 2. The van der Waals surface area contributed by atoms with Gasteiger partial charge >= 0.3 is 5.97 Å². The molecule has 2 rings (SSSR count). The molecule has 100 valence electrons. The summed E-state index contributed by atoms with van der Waals surface area (Å²) in [5.41, 5.74) is 6.39. The van der Waals surface area contributed by atoms with Gasteiger partial charge in [-0.3, -0.25) is 4.79 Å². The van der Waals surface area contributed by atoms with Crippen molar-refractivity contribution in [2.45, 2.75) is 6.04 Å². The Kier molecular flexibility index (Phi) is 3.77. The summed E-state index contributed by atoms with van der Waals surface area (Å²) in [6, 6.07) is 3.16. The first-order chi connectivity index (χ1) is 9.02. The summed E-state index contributed by atoms with van der Waals surface area (Å²) < 4.78 is 18.2. The second-order valence-electron chi connectivity index (χ2n) is 3.74. The Bertz CT molecular complexity index is 615. The molecule has 0 saturated carbocycles.